The number of carbonyl (C=O) groups is 2. The number of thiol groups is 1. The Bertz CT molecular complexity index is 269. The van der Waals surface area contributed by atoms with Gasteiger partial charge < -0.3 is 4.74 Å². The predicted octanol–water partition coefficient (Wildman–Crippen LogP) is 0.964. The molecule has 0 aromatic rings. The molecule has 5 heteroatoms. The summed E-state index contributed by atoms with van der Waals surface area (Å²) in [6.45, 7) is 6.72. The van der Waals surface area contributed by atoms with E-state index in [1.54, 1.807) is 0 Å². The molecule has 92 valence electrons. The molecule has 1 unspecified atom stereocenters. The fourth-order valence-corrected chi connectivity index (χ4v) is 2.21. The maximum absolute atomic E-state index is 11.5. The van der Waals surface area contributed by atoms with E-state index in [0.717, 1.165) is 0 Å². The van der Waals surface area contributed by atoms with Gasteiger partial charge in [-0.3, -0.25) is 14.5 Å². The van der Waals surface area contributed by atoms with Gasteiger partial charge in [-0.2, -0.15) is 12.6 Å². The molecule has 1 fully saturated rings. The topological polar surface area (TPSA) is 46.6 Å². The SMILES string of the molecule is CC(C)(C)C(CS)CN1C(=O)COCC1=O. The highest BCUT2D eigenvalue weighted by Crippen LogP contribution is 2.28. The van der Waals surface area contributed by atoms with Crippen LogP contribution in [-0.4, -0.2) is 42.2 Å². The summed E-state index contributed by atoms with van der Waals surface area (Å²) in [5, 5.41) is 0. The van der Waals surface area contributed by atoms with Gasteiger partial charge in [-0.1, -0.05) is 20.8 Å². The van der Waals surface area contributed by atoms with Crippen molar-refractivity contribution in [1.82, 2.24) is 4.90 Å². The molecule has 1 aliphatic heterocycles. The van der Waals surface area contributed by atoms with E-state index < -0.39 is 0 Å². The first-order chi connectivity index (χ1) is 7.36. The van der Waals surface area contributed by atoms with Crippen molar-refractivity contribution in [1.29, 1.82) is 0 Å². The summed E-state index contributed by atoms with van der Waals surface area (Å²) in [6.07, 6.45) is 0. The van der Waals surface area contributed by atoms with Crippen LogP contribution in [0.25, 0.3) is 0 Å². The Morgan fingerprint density at radius 2 is 1.81 bits per heavy atom. The van der Waals surface area contributed by atoms with Crippen LogP contribution in [0, 0.1) is 11.3 Å². The van der Waals surface area contributed by atoms with E-state index in [1.165, 1.54) is 4.90 Å². The molecule has 4 nitrogen and oxygen atoms in total. The Kier molecular flexibility index (Phi) is 4.38. The molecule has 16 heavy (non-hydrogen) atoms. The van der Waals surface area contributed by atoms with E-state index in [4.69, 9.17) is 4.74 Å². The van der Waals surface area contributed by atoms with Gasteiger partial charge in [0.2, 0.25) is 0 Å². The Hall–Kier alpha value is -0.550. The van der Waals surface area contributed by atoms with E-state index in [9.17, 15) is 9.59 Å². The second-order valence-electron chi connectivity index (χ2n) is 5.14. The van der Waals surface area contributed by atoms with Crippen molar-refractivity contribution in [3.63, 3.8) is 0 Å². The third-order valence-electron chi connectivity index (χ3n) is 2.90. The molecule has 0 N–H and O–H groups in total. The fourth-order valence-electron chi connectivity index (χ4n) is 1.55. The monoisotopic (exact) mass is 245 g/mol. The Labute approximate surface area is 102 Å². The zero-order chi connectivity index (χ0) is 12.3. The van der Waals surface area contributed by atoms with E-state index in [-0.39, 0.29) is 36.4 Å². The molecule has 1 rings (SSSR count). The number of morpholine rings is 1. The van der Waals surface area contributed by atoms with Gasteiger partial charge in [0.15, 0.2) is 0 Å². The van der Waals surface area contributed by atoms with Gasteiger partial charge in [0, 0.05) is 6.54 Å². The molecule has 0 saturated carbocycles. The number of carbonyl (C=O) groups excluding carboxylic acids is 2. The average Bonchev–Trinajstić information content (AvgIpc) is 2.15. The second-order valence-corrected chi connectivity index (χ2v) is 5.50. The number of amides is 2. The molecule has 1 atom stereocenters. The van der Waals surface area contributed by atoms with Gasteiger partial charge in [0.1, 0.15) is 13.2 Å². The quantitative estimate of drug-likeness (QED) is 0.595. The fraction of sp³-hybridized carbons (Fsp3) is 0.818. The highest BCUT2D eigenvalue weighted by Gasteiger charge is 2.32. The number of ether oxygens (including phenoxy) is 1. The molecule has 0 aliphatic carbocycles. The molecule has 1 heterocycles. The Morgan fingerprint density at radius 1 is 1.31 bits per heavy atom. The summed E-state index contributed by atoms with van der Waals surface area (Å²) in [4.78, 5) is 24.4. The highest BCUT2D eigenvalue weighted by atomic mass is 32.1. The molecule has 0 spiro atoms. The van der Waals surface area contributed by atoms with Crippen LogP contribution in [0.5, 0.6) is 0 Å². The summed E-state index contributed by atoms with van der Waals surface area (Å²) in [5.74, 6) is 0.364. The highest BCUT2D eigenvalue weighted by molar-refractivity contribution is 7.80. The maximum Gasteiger partial charge on any atom is 0.255 e. The zero-order valence-electron chi connectivity index (χ0n) is 10.0. The lowest BCUT2D eigenvalue weighted by Gasteiger charge is -2.35. The minimum absolute atomic E-state index is 0.00910. The number of hydrogen-bond donors (Lipinski definition) is 1. The van der Waals surface area contributed by atoms with Crippen molar-refractivity contribution in [3.8, 4) is 0 Å². The van der Waals surface area contributed by atoms with Gasteiger partial charge in [-0.25, -0.2) is 0 Å². The van der Waals surface area contributed by atoms with Crippen LogP contribution in [0.4, 0.5) is 0 Å². The zero-order valence-corrected chi connectivity index (χ0v) is 10.9. The molecular weight excluding hydrogens is 226 g/mol. The number of imide groups is 1. The first-order valence-electron chi connectivity index (χ1n) is 5.38. The summed E-state index contributed by atoms with van der Waals surface area (Å²) in [5.41, 5.74) is 0.0284. The van der Waals surface area contributed by atoms with Crippen molar-refractivity contribution in [2.75, 3.05) is 25.5 Å². The molecule has 0 aromatic carbocycles. The van der Waals surface area contributed by atoms with Crippen LogP contribution in [-0.2, 0) is 14.3 Å². The Morgan fingerprint density at radius 3 is 2.19 bits per heavy atom. The van der Waals surface area contributed by atoms with Crippen LogP contribution in [0.3, 0.4) is 0 Å². The summed E-state index contributed by atoms with van der Waals surface area (Å²) >= 11 is 4.29. The third kappa shape index (κ3) is 3.22. The van der Waals surface area contributed by atoms with Gasteiger partial charge in [-0.15, -0.1) is 0 Å². The summed E-state index contributed by atoms with van der Waals surface area (Å²) < 4.78 is 4.87. The smallest absolute Gasteiger partial charge is 0.255 e. The van der Waals surface area contributed by atoms with Crippen molar-refractivity contribution in [3.05, 3.63) is 0 Å². The van der Waals surface area contributed by atoms with E-state index in [1.807, 2.05) is 0 Å². The van der Waals surface area contributed by atoms with E-state index >= 15 is 0 Å². The predicted molar refractivity (Wildman–Crippen MR) is 64.3 cm³/mol. The van der Waals surface area contributed by atoms with Gasteiger partial charge in [0.25, 0.3) is 11.8 Å². The lowest BCUT2D eigenvalue weighted by atomic mass is 9.81. The minimum Gasteiger partial charge on any atom is -0.362 e. The molecule has 1 aliphatic rings. The molecular formula is C11H19NO3S. The largest absolute Gasteiger partial charge is 0.362 e. The third-order valence-corrected chi connectivity index (χ3v) is 3.34. The van der Waals surface area contributed by atoms with E-state index in [0.29, 0.717) is 12.3 Å². The second kappa shape index (κ2) is 5.19. The van der Waals surface area contributed by atoms with Crippen molar-refractivity contribution in [2.45, 2.75) is 20.8 Å². The Balaban J connectivity index is 2.70. The van der Waals surface area contributed by atoms with E-state index in [2.05, 4.69) is 33.4 Å². The first kappa shape index (κ1) is 13.5. The maximum atomic E-state index is 11.5. The van der Waals surface area contributed by atoms with Crippen LogP contribution in [0.2, 0.25) is 0 Å². The standard InChI is InChI=1S/C11H19NO3S/c1-11(2,3)8(7-16)4-12-9(13)5-15-6-10(12)14/h8,16H,4-7H2,1-3H3. The van der Waals surface area contributed by atoms with Gasteiger partial charge in [-0.05, 0) is 17.1 Å². The minimum atomic E-state index is -0.243. The van der Waals surface area contributed by atoms with Crippen LogP contribution < -0.4 is 0 Å². The lowest BCUT2D eigenvalue weighted by molar-refractivity contribution is -0.159. The number of nitrogens with zero attached hydrogens (tertiary/aromatic N) is 1. The molecule has 0 aromatic heterocycles. The van der Waals surface area contributed by atoms with Crippen LogP contribution in [0.1, 0.15) is 20.8 Å². The summed E-state index contributed by atoms with van der Waals surface area (Å²) in [7, 11) is 0. The van der Waals surface area contributed by atoms with Crippen molar-refractivity contribution in [2.24, 2.45) is 11.3 Å². The molecule has 2 amide bonds. The molecule has 0 bridgehead atoms. The normalized spacial score (nSPS) is 20.1. The average molecular weight is 245 g/mol. The lowest BCUT2D eigenvalue weighted by Crippen LogP contribution is -2.50. The van der Waals surface area contributed by atoms with Crippen molar-refractivity contribution >= 4 is 24.4 Å². The molecule has 1 saturated heterocycles. The van der Waals surface area contributed by atoms with Gasteiger partial charge in [0.05, 0.1) is 0 Å². The number of hydrogen-bond acceptors (Lipinski definition) is 4. The summed E-state index contributed by atoms with van der Waals surface area (Å²) in [6, 6.07) is 0. The van der Waals surface area contributed by atoms with Gasteiger partial charge >= 0.3 is 0 Å². The molecule has 0 radical (unpaired) electrons. The van der Waals surface area contributed by atoms with Crippen LogP contribution >= 0.6 is 12.6 Å². The van der Waals surface area contributed by atoms with Crippen LogP contribution in [0.15, 0.2) is 0 Å². The first-order valence-corrected chi connectivity index (χ1v) is 6.01. The van der Waals surface area contributed by atoms with Crippen molar-refractivity contribution < 1.29 is 14.3 Å². The number of rotatable bonds is 3.